The third kappa shape index (κ3) is 2.65. The van der Waals surface area contributed by atoms with Gasteiger partial charge in [0.05, 0.1) is 18.5 Å². The number of benzene rings is 1. The highest BCUT2D eigenvalue weighted by molar-refractivity contribution is 9.10. The second-order valence-corrected chi connectivity index (χ2v) is 7.01. The normalized spacial score (nSPS) is 11.1. The number of nitrogens with zero attached hydrogens (tertiary/aromatic N) is 3. The number of hydrogen-bond donors (Lipinski definition) is 1. The average molecular weight is 439 g/mol. The predicted octanol–water partition coefficient (Wildman–Crippen LogP) is 3.37. The van der Waals surface area contributed by atoms with Crippen LogP contribution in [0.5, 0.6) is 0 Å². The van der Waals surface area contributed by atoms with E-state index in [9.17, 15) is 9.59 Å². The van der Waals surface area contributed by atoms with Gasteiger partial charge in [0.15, 0.2) is 5.65 Å². The van der Waals surface area contributed by atoms with E-state index in [1.165, 1.54) is 11.7 Å². The van der Waals surface area contributed by atoms with E-state index in [0.29, 0.717) is 21.3 Å². The molecule has 8 heteroatoms. The van der Waals surface area contributed by atoms with Gasteiger partial charge in [0.25, 0.3) is 5.56 Å². The fraction of sp³-hybridized carbons (Fsp3) is 0.100. The summed E-state index contributed by atoms with van der Waals surface area (Å²) in [7, 11) is 1.21. The highest BCUT2D eigenvalue weighted by Crippen LogP contribution is 2.29. The number of rotatable bonds is 2. The molecule has 140 valence electrons. The minimum absolute atomic E-state index is 0.0428. The van der Waals surface area contributed by atoms with Gasteiger partial charge in [-0.3, -0.25) is 14.3 Å². The lowest BCUT2D eigenvalue weighted by Gasteiger charge is -2.16. The predicted molar refractivity (Wildman–Crippen MR) is 111 cm³/mol. The number of ether oxygens (including phenoxy) is 1. The summed E-state index contributed by atoms with van der Waals surface area (Å²) >= 11 is 3.34. The fourth-order valence-electron chi connectivity index (χ4n) is 3.32. The Morgan fingerprint density at radius 1 is 1.14 bits per heavy atom. The van der Waals surface area contributed by atoms with E-state index < -0.39 is 11.5 Å². The first kappa shape index (κ1) is 18.1. The highest BCUT2D eigenvalue weighted by atomic mass is 79.9. The molecular weight excluding hydrogens is 424 g/mol. The van der Waals surface area contributed by atoms with Crippen LogP contribution >= 0.6 is 15.9 Å². The van der Waals surface area contributed by atoms with E-state index in [0.717, 1.165) is 16.5 Å². The third-order valence-electron chi connectivity index (χ3n) is 4.64. The zero-order valence-electron chi connectivity index (χ0n) is 15.1. The van der Waals surface area contributed by atoms with Crippen LogP contribution in [0.1, 0.15) is 16.1 Å². The van der Waals surface area contributed by atoms with Gasteiger partial charge >= 0.3 is 5.97 Å². The second-order valence-electron chi connectivity index (χ2n) is 6.19. The molecule has 0 aliphatic carbocycles. The molecule has 2 N–H and O–H groups in total. The first-order valence-electron chi connectivity index (χ1n) is 8.37. The molecule has 28 heavy (non-hydrogen) atoms. The van der Waals surface area contributed by atoms with Gasteiger partial charge in [-0.1, -0.05) is 12.1 Å². The fourth-order valence-corrected chi connectivity index (χ4v) is 3.62. The Balaban J connectivity index is 2.25. The van der Waals surface area contributed by atoms with E-state index >= 15 is 0 Å². The Bertz CT molecular complexity index is 1330. The molecule has 0 fully saturated rings. The van der Waals surface area contributed by atoms with Gasteiger partial charge in [0.1, 0.15) is 10.2 Å². The van der Waals surface area contributed by atoms with Gasteiger partial charge in [-0.15, -0.1) is 0 Å². The van der Waals surface area contributed by atoms with E-state index in [-0.39, 0.29) is 11.3 Å². The SMILES string of the molecule is COC(=O)c1c(N)c2ccc(Br)nc2n(-c2cccc3c(C)nccc23)c1=O. The summed E-state index contributed by atoms with van der Waals surface area (Å²) < 4.78 is 6.73. The largest absolute Gasteiger partial charge is 0.465 e. The van der Waals surface area contributed by atoms with Crippen molar-refractivity contribution in [1.82, 2.24) is 14.5 Å². The molecule has 0 amide bonds. The number of halogens is 1. The number of carbonyl (C=O) groups excluding carboxylic acids is 1. The van der Waals surface area contributed by atoms with Crippen molar-refractivity contribution >= 4 is 49.4 Å². The van der Waals surface area contributed by atoms with Crippen LogP contribution < -0.4 is 11.3 Å². The molecule has 0 spiro atoms. The van der Waals surface area contributed by atoms with Gasteiger partial charge in [-0.2, -0.15) is 0 Å². The lowest BCUT2D eigenvalue weighted by Crippen LogP contribution is -2.28. The van der Waals surface area contributed by atoms with E-state index in [1.807, 2.05) is 25.1 Å². The molecular formula is C20H15BrN4O3. The van der Waals surface area contributed by atoms with Gasteiger partial charge in [-0.05, 0) is 47.1 Å². The summed E-state index contributed by atoms with van der Waals surface area (Å²) in [6.45, 7) is 1.89. The van der Waals surface area contributed by atoms with Crippen molar-refractivity contribution < 1.29 is 9.53 Å². The van der Waals surface area contributed by atoms with Crippen molar-refractivity contribution in [2.75, 3.05) is 12.8 Å². The maximum Gasteiger partial charge on any atom is 0.345 e. The van der Waals surface area contributed by atoms with Crippen molar-refractivity contribution in [3.05, 3.63) is 68.8 Å². The number of hydrogen-bond acceptors (Lipinski definition) is 6. The topological polar surface area (TPSA) is 100 Å². The Morgan fingerprint density at radius 3 is 2.68 bits per heavy atom. The van der Waals surface area contributed by atoms with Crippen molar-refractivity contribution in [2.24, 2.45) is 0 Å². The van der Waals surface area contributed by atoms with Gasteiger partial charge in [-0.25, -0.2) is 9.78 Å². The molecule has 0 radical (unpaired) electrons. The van der Waals surface area contributed by atoms with E-state index in [1.54, 1.807) is 24.4 Å². The summed E-state index contributed by atoms with van der Waals surface area (Å²) in [5.41, 5.74) is 7.12. The summed E-state index contributed by atoms with van der Waals surface area (Å²) in [6.07, 6.45) is 1.68. The lowest BCUT2D eigenvalue weighted by atomic mass is 10.1. The van der Waals surface area contributed by atoms with Gasteiger partial charge < -0.3 is 10.5 Å². The number of anilines is 1. The molecule has 0 saturated carbocycles. The number of nitrogens with two attached hydrogens (primary N) is 1. The lowest BCUT2D eigenvalue weighted by molar-refractivity contribution is 0.0600. The number of aryl methyl sites for hydroxylation is 1. The monoisotopic (exact) mass is 438 g/mol. The van der Waals surface area contributed by atoms with Crippen LogP contribution in [0.3, 0.4) is 0 Å². The number of pyridine rings is 3. The Kier molecular flexibility index (Phi) is 4.35. The maximum absolute atomic E-state index is 13.4. The zero-order valence-corrected chi connectivity index (χ0v) is 16.6. The van der Waals surface area contributed by atoms with Crippen molar-refractivity contribution in [3.8, 4) is 5.69 Å². The van der Waals surface area contributed by atoms with Crippen molar-refractivity contribution in [3.63, 3.8) is 0 Å². The number of fused-ring (bicyclic) bond motifs is 2. The molecule has 3 aromatic heterocycles. The molecule has 0 atom stereocenters. The van der Waals surface area contributed by atoms with Crippen LogP contribution in [-0.4, -0.2) is 27.6 Å². The zero-order chi connectivity index (χ0) is 20.0. The smallest absolute Gasteiger partial charge is 0.345 e. The van der Waals surface area contributed by atoms with Gasteiger partial charge in [0, 0.05) is 28.0 Å². The average Bonchev–Trinajstić information content (AvgIpc) is 2.68. The summed E-state index contributed by atoms with van der Waals surface area (Å²) in [6, 6.07) is 10.8. The molecule has 4 aromatic rings. The molecule has 1 aromatic carbocycles. The van der Waals surface area contributed by atoms with E-state index in [2.05, 4.69) is 25.9 Å². The Morgan fingerprint density at radius 2 is 1.93 bits per heavy atom. The number of nitrogen functional groups attached to an aromatic ring is 1. The van der Waals surface area contributed by atoms with Crippen molar-refractivity contribution in [2.45, 2.75) is 6.92 Å². The van der Waals surface area contributed by atoms with Crippen LogP contribution in [0.15, 0.2) is 52.0 Å². The second kappa shape index (κ2) is 6.72. The molecule has 0 aliphatic heterocycles. The third-order valence-corrected chi connectivity index (χ3v) is 5.08. The first-order valence-corrected chi connectivity index (χ1v) is 9.17. The molecule has 0 aliphatic rings. The Hall–Kier alpha value is -3.26. The highest BCUT2D eigenvalue weighted by Gasteiger charge is 2.24. The first-order chi connectivity index (χ1) is 13.4. The van der Waals surface area contributed by atoms with Crippen LogP contribution in [0, 0.1) is 6.92 Å². The standard InChI is InChI=1S/C20H15BrN4O3/c1-10-11-4-3-5-14(12(11)8-9-23-10)25-18-13(6-7-15(21)24-18)17(22)16(19(25)26)20(27)28-2/h3-9H,22H2,1-2H3. The molecule has 4 rings (SSSR count). The number of esters is 1. The summed E-state index contributed by atoms with van der Waals surface area (Å²) in [4.78, 5) is 34.4. The summed E-state index contributed by atoms with van der Waals surface area (Å²) in [5, 5.41) is 2.18. The van der Waals surface area contributed by atoms with Crippen LogP contribution in [0.25, 0.3) is 27.5 Å². The van der Waals surface area contributed by atoms with E-state index in [4.69, 9.17) is 10.5 Å². The Labute approximate surface area is 167 Å². The van der Waals surface area contributed by atoms with Crippen LogP contribution in [-0.2, 0) is 4.74 Å². The maximum atomic E-state index is 13.4. The molecule has 7 nitrogen and oxygen atoms in total. The summed E-state index contributed by atoms with van der Waals surface area (Å²) in [5.74, 6) is -0.792. The molecule has 3 heterocycles. The number of methoxy groups -OCH3 is 1. The van der Waals surface area contributed by atoms with Crippen LogP contribution in [0.2, 0.25) is 0 Å². The molecule has 0 unspecified atom stereocenters. The molecule has 0 bridgehead atoms. The number of aromatic nitrogens is 3. The van der Waals surface area contributed by atoms with Gasteiger partial charge in [0.2, 0.25) is 0 Å². The van der Waals surface area contributed by atoms with Crippen LogP contribution in [0.4, 0.5) is 5.69 Å². The quantitative estimate of drug-likeness (QED) is 0.380. The minimum Gasteiger partial charge on any atom is -0.465 e. The minimum atomic E-state index is -0.792. The van der Waals surface area contributed by atoms with Crippen molar-refractivity contribution in [1.29, 1.82) is 0 Å². The molecule has 0 saturated heterocycles. The number of carbonyl (C=O) groups is 1.